The van der Waals surface area contributed by atoms with Gasteiger partial charge in [0.05, 0.1) is 17.4 Å². The summed E-state index contributed by atoms with van der Waals surface area (Å²) in [4.78, 5) is 8.81. The standard InChI is InChI=1S/C24H18N6/c1-2-9-21(10-3-1)30-17-20(24(29-30)19-8-6-14-25-15-19)16-26-28-23-13-12-18-7-4-5-11-22(18)27-23/h1-17H,(H,27,28)/b26-16+. The lowest BCUT2D eigenvalue weighted by molar-refractivity contribution is 0.884. The van der Waals surface area contributed by atoms with Gasteiger partial charge in [-0.1, -0.05) is 36.4 Å². The number of hydrogen-bond acceptors (Lipinski definition) is 5. The maximum atomic E-state index is 4.76. The Kier molecular flexibility index (Phi) is 4.72. The van der Waals surface area contributed by atoms with E-state index in [0.29, 0.717) is 5.82 Å². The van der Waals surface area contributed by atoms with Gasteiger partial charge in [0.2, 0.25) is 0 Å². The van der Waals surface area contributed by atoms with Crippen LogP contribution in [0.15, 0.2) is 103 Å². The van der Waals surface area contributed by atoms with Gasteiger partial charge in [-0.2, -0.15) is 10.2 Å². The minimum atomic E-state index is 0.684. The number of para-hydroxylation sites is 2. The van der Waals surface area contributed by atoms with Crippen molar-refractivity contribution < 1.29 is 0 Å². The van der Waals surface area contributed by atoms with Crippen LogP contribution < -0.4 is 5.43 Å². The number of nitrogens with zero attached hydrogens (tertiary/aromatic N) is 5. The summed E-state index contributed by atoms with van der Waals surface area (Å²) in [6, 6.07) is 25.8. The lowest BCUT2D eigenvalue weighted by Crippen LogP contribution is -1.94. The second-order valence-electron chi connectivity index (χ2n) is 6.71. The second-order valence-corrected chi connectivity index (χ2v) is 6.71. The quantitative estimate of drug-likeness (QED) is 0.341. The predicted octanol–water partition coefficient (Wildman–Crippen LogP) is 4.93. The largest absolute Gasteiger partial charge is 0.264 e. The number of hydrazone groups is 1. The summed E-state index contributed by atoms with van der Waals surface area (Å²) < 4.78 is 1.85. The maximum absolute atomic E-state index is 4.76. The van der Waals surface area contributed by atoms with Crippen molar-refractivity contribution in [3.63, 3.8) is 0 Å². The fourth-order valence-corrected chi connectivity index (χ4v) is 3.22. The Morgan fingerprint density at radius 1 is 0.867 bits per heavy atom. The minimum absolute atomic E-state index is 0.684. The number of pyridine rings is 2. The Labute approximate surface area is 173 Å². The highest BCUT2D eigenvalue weighted by molar-refractivity contribution is 5.89. The molecule has 5 rings (SSSR count). The first-order chi connectivity index (χ1) is 14.9. The van der Waals surface area contributed by atoms with Gasteiger partial charge in [0.25, 0.3) is 0 Å². The molecule has 2 aromatic carbocycles. The van der Waals surface area contributed by atoms with Gasteiger partial charge in [0.15, 0.2) is 0 Å². The van der Waals surface area contributed by atoms with Crippen LogP contribution in [0.1, 0.15) is 5.56 Å². The highest BCUT2D eigenvalue weighted by Crippen LogP contribution is 2.22. The van der Waals surface area contributed by atoms with Crippen molar-refractivity contribution in [3.8, 4) is 16.9 Å². The zero-order valence-electron chi connectivity index (χ0n) is 16.1. The zero-order valence-corrected chi connectivity index (χ0v) is 16.1. The van der Waals surface area contributed by atoms with Crippen LogP contribution in [0.25, 0.3) is 27.8 Å². The Morgan fingerprint density at radius 3 is 2.60 bits per heavy atom. The molecule has 0 fully saturated rings. The molecule has 0 aliphatic heterocycles. The molecule has 0 saturated heterocycles. The molecule has 0 saturated carbocycles. The van der Waals surface area contributed by atoms with Crippen molar-refractivity contribution >= 4 is 22.9 Å². The Morgan fingerprint density at radius 2 is 1.73 bits per heavy atom. The maximum Gasteiger partial charge on any atom is 0.146 e. The molecule has 1 N–H and O–H groups in total. The molecule has 0 amide bonds. The van der Waals surface area contributed by atoms with Crippen LogP contribution in [0, 0.1) is 0 Å². The first-order valence-corrected chi connectivity index (χ1v) is 9.57. The Hall–Kier alpha value is -4.32. The Balaban J connectivity index is 1.46. The van der Waals surface area contributed by atoms with Crippen molar-refractivity contribution in [1.29, 1.82) is 0 Å². The van der Waals surface area contributed by atoms with Gasteiger partial charge in [-0.25, -0.2) is 9.67 Å². The SMILES string of the molecule is C(=N\Nc1ccc2ccccc2n1)/c1cn(-c2ccccc2)nc1-c1cccnc1. The Bertz CT molecular complexity index is 1310. The smallest absolute Gasteiger partial charge is 0.146 e. The molecule has 0 aliphatic rings. The summed E-state index contributed by atoms with van der Waals surface area (Å²) >= 11 is 0. The summed E-state index contributed by atoms with van der Waals surface area (Å²) in [7, 11) is 0. The topological polar surface area (TPSA) is 68.0 Å². The third kappa shape index (κ3) is 3.66. The molecule has 5 aromatic rings. The van der Waals surface area contributed by atoms with Gasteiger partial charge in [0.1, 0.15) is 11.5 Å². The molecule has 0 atom stereocenters. The van der Waals surface area contributed by atoms with Gasteiger partial charge in [0, 0.05) is 35.1 Å². The van der Waals surface area contributed by atoms with E-state index in [1.165, 1.54) is 0 Å². The number of hydrogen-bond donors (Lipinski definition) is 1. The van der Waals surface area contributed by atoms with E-state index in [0.717, 1.165) is 33.4 Å². The molecule has 0 bridgehead atoms. The van der Waals surface area contributed by atoms with E-state index in [1.807, 2.05) is 89.7 Å². The van der Waals surface area contributed by atoms with E-state index < -0.39 is 0 Å². The van der Waals surface area contributed by atoms with Gasteiger partial charge >= 0.3 is 0 Å². The zero-order chi connectivity index (χ0) is 20.2. The van der Waals surface area contributed by atoms with E-state index in [2.05, 4.69) is 20.5 Å². The molecule has 0 radical (unpaired) electrons. The van der Waals surface area contributed by atoms with E-state index in [9.17, 15) is 0 Å². The molecular formula is C24H18N6. The van der Waals surface area contributed by atoms with Crippen LogP contribution in [-0.4, -0.2) is 26.0 Å². The van der Waals surface area contributed by atoms with Crippen LogP contribution in [0.4, 0.5) is 5.82 Å². The van der Waals surface area contributed by atoms with Crippen molar-refractivity contribution in [2.75, 3.05) is 5.43 Å². The number of nitrogens with one attached hydrogen (secondary N) is 1. The summed E-state index contributed by atoms with van der Waals surface area (Å²) in [5.41, 5.74) is 7.53. The van der Waals surface area contributed by atoms with Gasteiger partial charge < -0.3 is 0 Å². The van der Waals surface area contributed by atoms with Gasteiger partial charge in [-0.05, 0) is 42.5 Å². The molecule has 6 heteroatoms. The number of benzene rings is 2. The fraction of sp³-hybridized carbons (Fsp3) is 0. The monoisotopic (exact) mass is 390 g/mol. The highest BCUT2D eigenvalue weighted by Gasteiger charge is 2.11. The number of aromatic nitrogens is 4. The average molecular weight is 390 g/mol. The van der Waals surface area contributed by atoms with Crippen LogP contribution >= 0.6 is 0 Å². The van der Waals surface area contributed by atoms with E-state index in [1.54, 1.807) is 18.6 Å². The van der Waals surface area contributed by atoms with Crippen LogP contribution in [0.2, 0.25) is 0 Å². The van der Waals surface area contributed by atoms with Crippen molar-refractivity contribution in [3.05, 3.63) is 103 Å². The second kappa shape index (κ2) is 7.97. The lowest BCUT2D eigenvalue weighted by Gasteiger charge is -2.01. The van der Waals surface area contributed by atoms with Crippen LogP contribution in [0.5, 0.6) is 0 Å². The number of anilines is 1. The van der Waals surface area contributed by atoms with Crippen molar-refractivity contribution in [2.45, 2.75) is 0 Å². The highest BCUT2D eigenvalue weighted by atomic mass is 15.3. The van der Waals surface area contributed by atoms with E-state index in [-0.39, 0.29) is 0 Å². The third-order valence-electron chi connectivity index (χ3n) is 4.68. The third-order valence-corrected chi connectivity index (χ3v) is 4.68. The molecule has 3 heterocycles. The summed E-state index contributed by atoms with van der Waals surface area (Å²) in [6.07, 6.45) is 7.26. The molecule has 3 aromatic heterocycles. The van der Waals surface area contributed by atoms with Gasteiger partial charge in [-0.3, -0.25) is 10.4 Å². The van der Waals surface area contributed by atoms with Gasteiger partial charge in [-0.15, -0.1) is 0 Å². The summed E-state index contributed by atoms with van der Waals surface area (Å²) in [5, 5.41) is 10.3. The number of fused-ring (bicyclic) bond motifs is 1. The van der Waals surface area contributed by atoms with Crippen LogP contribution in [-0.2, 0) is 0 Å². The molecule has 0 unspecified atom stereocenters. The molecule has 30 heavy (non-hydrogen) atoms. The minimum Gasteiger partial charge on any atom is -0.264 e. The predicted molar refractivity (Wildman–Crippen MR) is 120 cm³/mol. The number of rotatable bonds is 5. The van der Waals surface area contributed by atoms with Crippen LogP contribution in [0.3, 0.4) is 0 Å². The fourth-order valence-electron chi connectivity index (χ4n) is 3.22. The first-order valence-electron chi connectivity index (χ1n) is 9.57. The summed E-state index contributed by atoms with van der Waals surface area (Å²) in [6.45, 7) is 0. The molecule has 144 valence electrons. The van der Waals surface area contributed by atoms with Crippen molar-refractivity contribution in [1.82, 2.24) is 19.7 Å². The summed E-state index contributed by atoms with van der Waals surface area (Å²) in [5.74, 6) is 0.684. The average Bonchev–Trinajstić information content (AvgIpc) is 3.24. The molecule has 0 aliphatic carbocycles. The molecular weight excluding hydrogens is 372 g/mol. The van der Waals surface area contributed by atoms with E-state index in [4.69, 9.17) is 5.10 Å². The van der Waals surface area contributed by atoms with Crippen molar-refractivity contribution in [2.24, 2.45) is 5.10 Å². The lowest BCUT2D eigenvalue weighted by atomic mass is 10.1. The normalized spacial score (nSPS) is 11.2. The molecule has 6 nitrogen and oxygen atoms in total. The van der Waals surface area contributed by atoms with E-state index >= 15 is 0 Å². The molecule has 0 spiro atoms. The first kappa shape index (κ1) is 17.8.